The van der Waals surface area contributed by atoms with Crippen molar-refractivity contribution < 1.29 is 0 Å². The molecule has 0 amide bonds. The molecule has 2 heterocycles. The molecule has 0 atom stereocenters. The van der Waals surface area contributed by atoms with Crippen molar-refractivity contribution >= 4 is 11.6 Å². The Morgan fingerprint density at radius 2 is 2.29 bits per heavy atom. The Morgan fingerprint density at radius 3 is 2.94 bits per heavy atom. The van der Waals surface area contributed by atoms with E-state index >= 15 is 0 Å². The smallest absolute Gasteiger partial charge is 0.142 e. The predicted molar refractivity (Wildman–Crippen MR) is 69.1 cm³/mol. The zero-order valence-corrected chi connectivity index (χ0v) is 10.7. The first-order valence-corrected chi connectivity index (χ1v) is 5.88. The average molecular weight is 251 g/mol. The van der Waals surface area contributed by atoms with Crippen molar-refractivity contribution in [1.29, 1.82) is 0 Å². The van der Waals surface area contributed by atoms with Crippen molar-refractivity contribution in [3.63, 3.8) is 0 Å². The first kappa shape index (κ1) is 12.1. The number of likely N-dealkylation sites (N-methyl/N-ethyl adjacent to an activating group) is 1. The average Bonchev–Trinajstić information content (AvgIpc) is 2.65. The van der Waals surface area contributed by atoms with Crippen LogP contribution >= 0.6 is 11.6 Å². The highest BCUT2D eigenvalue weighted by atomic mass is 35.5. The van der Waals surface area contributed by atoms with E-state index in [-0.39, 0.29) is 0 Å². The van der Waals surface area contributed by atoms with E-state index in [9.17, 15) is 0 Å². The summed E-state index contributed by atoms with van der Waals surface area (Å²) < 4.78 is 1.89. The third kappa shape index (κ3) is 2.48. The summed E-state index contributed by atoms with van der Waals surface area (Å²) in [5.74, 6) is 0.856. The lowest BCUT2D eigenvalue weighted by Crippen LogP contribution is -2.10. The molecular formula is C12H15ClN4. The van der Waals surface area contributed by atoms with Gasteiger partial charge in [-0.3, -0.25) is 4.98 Å². The molecule has 0 aliphatic rings. The molecule has 4 nitrogen and oxygen atoms in total. The number of hydrogen-bond acceptors (Lipinski definition) is 3. The van der Waals surface area contributed by atoms with Crippen LogP contribution in [0.2, 0.25) is 5.15 Å². The van der Waals surface area contributed by atoms with Crippen molar-refractivity contribution in [3.05, 3.63) is 35.4 Å². The van der Waals surface area contributed by atoms with Crippen molar-refractivity contribution in [2.24, 2.45) is 7.05 Å². The van der Waals surface area contributed by atoms with Crippen LogP contribution in [0.3, 0.4) is 0 Å². The Bertz CT molecular complexity index is 493. The van der Waals surface area contributed by atoms with E-state index in [2.05, 4.69) is 15.3 Å². The van der Waals surface area contributed by atoms with Gasteiger partial charge >= 0.3 is 0 Å². The minimum atomic E-state index is 0.694. The van der Waals surface area contributed by atoms with Gasteiger partial charge in [0.1, 0.15) is 11.0 Å². The van der Waals surface area contributed by atoms with E-state index in [1.54, 1.807) is 12.4 Å². The molecule has 17 heavy (non-hydrogen) atoms. The third-order valence-electron chi connectivity index (χ3n) is 2.62. The van der Waals surface area contributed by atoms with Gasteiger partial charge in [0.25, 0.3) is 0 Å². The van der Waals surface area contributed by atoms with Crippen LogP contribution in [0.1, 0.15) is 5.69 Å². The fraction of sp³-hybridized carbons (Fsp3) is 0.333. The molecule has 0 aliphatic heterocycles. The maximum Gasteiger partial charge on any atom is 0.142 e. The molecule has 0 saturated carbocycles. The molecule has 5 heteroatoms. The Hall–Kier alpha value is -1.39. The van der Waals surface area contributed by atoms with Crippen molar-refractivity contribution in [1.82, 2.24) is 19.9 Å². The number of hydrogen-bond donors (Lipinski definition) is 1. The molecule has 0 saturated heterocycles. The monoisotopic (exact) mass is 250 g/mol. The molecule has 0 radical (unpaired) electrons. The number of imidazole rings is 1. The molecular weight excluding hydrogens is 236 g/mol. The summed E-state index contributed by atoms with van der Waals surface area (Å²) in [7, 11) is 3.83. The highest BCUT2D eigenvalue weighted by molar-refractivity contribution is 6.30. The predicted octanol–water partition coefficient (Wildman–Crippen LogP) is 1.90. The molecule has 0 bridgehead atoms. The van der Waals surface area contributed by atoms with E-state index in [0.717, 1.165) is 30.0 Å². The maximum absolute atomic E-state index is 6.25. The summed E-state index contributed by atoms with van der Waals surface area (Å²) in [6.45, 7) is 0.864. The van der Waals surface area contributed by atoms with Crippen LogP contribution in [-0.4, -0.2) is 28.1 Å². The Balaban J connectivity index is 2.36. The first-order valence-electron chi connectivity index (χ1n) is 5.50. The summed E-state index contributed by atoms with van der Waals surface area (Å²) in [5, 5.41) is 3.79. The lowest BCUT2D eigenvalue weighted by atomic mass is 10.3. The van der Waals surface area contributed by atoms with Gasteiger partial charge in [-0.05, 0) is 19.2 Å². The maximum atomic E-state index is 6.25. The van der Waals surface area contributed by atoms with Crippen LogP contribution in [0.4, 0.5) is 0 Å². The normalized spacial score (nSPS) is 10.8. The minimum Gasteiger partial charge on any atom is -0.319 e. The number of pyridine rings is 1. The zero-order valence-electron chi connectivity index (χ0n) is 9.94. The van der Waals surface area contributed by atoms with Gasteiger partial charge in [-0.25, -0.2) is 4.98 Å². The number of nitrogens with one attached hydrogen (secondary N) is 1. The van der Waals surface area contributed by atoms with Gasteiger partial charge in [0.05, 0.1) is 5.69 Å². The molecule has 0 unspecified atom stereocenters. The van der Waals surface area contributed by atoms with Gasteiger partial charge in [-0.1, -0.05) is 11.6 Å². The van der Waals surface area contributed by atoms with Gasteiger partial charge in [-0.15, -0.1) is 0 Å². The van der Waals surface area contributed by atoms with Crippen LogP contribution < -0.4 is 5.32 Å². The van der Waals surface area contributed by atoms with Crippen molar-refractivity contribution in [2.75, 3.05) is 13.6 Å². The molecule has 1 N–H and O–H groups in total. The largest absolute Gasteiger partial charge is 0.319 e. The second kappa shape index (κ2) is 5.29. The van der Waals surface area contributed by atoms with Gasteiger partial charge in [0.15, 0.2) is 0 Å². The van der Waals surface area contributed by atoms with Crippen LogP contribution in [0.15, 0.2) is 24.5 Å². The number of aromatic nitrogens is 3. The lowest BCUT2D eigenvalue weighted by molar-refractivity contribution is 0.779. The van der Waals surface area contributed by atoms with Crippen molar-refractivity contribution in [2.45, 2.75) is 6.42 Å². The van der Waals surface area contributed by atoms with Gasteiger partial charge in [0.2, 0.25) is 0 Å². The van der Waals surface area contributed by atoms with E-state index in [0.29, 0.717) is 5.15 Å². The highest BCUT2D eigenvalue weighted by Crippen LogP contribution is 2.24. The van der Waals surface area contributed by atoms with Gasteiger partial charge < -0.3 is 9.88 Å². The SMILES string of the molecule is CNCCc1nc(-c2cccnc2)n(C)c1Cl. The summed E-state index contributed by atoms with van der Waals surface area (Å²) >= 11 is 6.25. The fourth-order valence-electron chi connectivity index (χ4n) is 1.69. The second-order valence-electron chi connectivity index (χ2n) is 3.83. The van der Waals surface area contributed by atoms with Crippen LogP contribution in [0.25, 0.3) is 11.4 Å². The topological polar surface area (TPSA) is 42.7 Å². The molecule has 0 spiro atoms. The summed E-state index contributed by atoms with van der Waals surface area (Å²) in [5.41, 5.74) is 1.90. The van der Waals surface area contributed by atoms with Gasteiger partial charge in [0, 0.05) is 38.0 Å². The zero-order chi connectivity index (χ0) is 12.3. The second-order valence-corrected chi connectivity index (χ2v) is 4.19. The lowest BCUT2D eigenvalue weighted by Gasteiger charge is -2.00. The standard InChI is InChI=1S/C12H15ClN4/c1-14-7-5-10-11(13)17(2)12(16-10)9-4-3-6-15-8-9/h3-4,6,8,14H,5,7H2,1-2H3. The number of nitrogens with zero attached hydrogens (tertiary/aromatic N) is 3. The van der Waals surface area contributed by atoms with Crippen LogP contribution in [0.5, 0.6) is 0 Å². The summed E-state index contributed by atoms with van der Waals surface area (Å²) in [6.07, 6.45) is 4.36. The molecule has 2 rings (SSSR count). The Kier molecular flexibility index (Phi) is 3.76. The fourth-order valence-corrected chi connectivity index (χ4v) is 1.91. The van der Waals surface area contributed by atoms with E-state index < -0.39 is 0 Å². The molecule has 0 aliphatic carbocycles. The molecule has 0 fully saturated rings. The first-order chi connectivity index (χ1) is 8.24. The van der Waals surface area contributed by atoms with Gasteiger partial charge in [-0.2, -0.15) is 0 Å². The van der Waals surface area contributed by atoms with E-state index in [1.165, 1.54) is 0 Å². The third-order valence-corrected chi connectivity index (χ3v) is 3.09. The quantitative estimate of drug-likeness (QED) is 0.901. The van der Waals surface area contributed by atoms with E-state index in [1.807, 2.05) is 30.8 Å². The highest BCUT2D eigenvalue weighted by Gasteiger charge is 2.13. The Labute approximate surface area is 106 Å². The van der Waals surface area contributed by atoms with Crippen molar-refractivity contribution in [3.8, 4) is 11.4 Å². The molecule has 2 aromatic rings. The van der Waals surface area contributed by atoms with E-state index in [4.69, 9.17) is 11.6 Å². The molecule has 0 aromatic carbocycles. The van der Waals surface area contributed by atoms with Crippen LogP contribution in [-0.2, 0) is 13.5 Å². The number of rotatable bonds is 4. The molecule has 90 valence electrons. The summed E-state index contributed by atoms with van der Waals surface area (Å²) in [6, 6.07) is 3.87. The van der Waals surface area contributed by atoms with Crippen LogP contribution in [0, 0.1) is 0 Å². The summed E-state index contributed by atoms with van der Waals surface area (Å²) in [4.78, 5) is 8.66. The molecule has 2 aromatic heterocycles. The Morgan fingerprint density at radius 1 is 1.47 bits per heavy atom. The number of halogens is 1. The minimum absolute atomic E-state index is 0.694.